The van der Waals surface area contributed by atoms with Gasteiger partial charge in [-0.1, -0.05) is 28.1 Å². The minimum Gasteiger partial charge on any atom is -0.372 e. The lowest BCUT2D eigenvalue weighted by Gasteiger charge is -2.06. The molecule has 0 radical (unpaired) electrons. The standard InChI is InChI=1S/C15H11BrFNO/c16-14-3-1-2-11(6-14)9-19-10-13-7-15(17)5-4-12(13)8-18/h1-7H,9-10H2. The Morgan fingerprint density at radius 1 is 1.16 bits per heavy atom. The van der Waals surface area contributed by atoms with Gasteiger partial charge >= 0.3 is 0 Å². The van der Waals surface area contributed by atoms with Gasteiger partial charge < -0.3 is 4.74 Å². The van der Waals surface area contributed by atoms with Crippen LogP contribution in [0.3, 0.4) is 0 Å². The molecule has 0 amide bonds. The summed E-state index contributed by atoms with van der Waals surface area (Å²) in [6, 6.07) is 13.9. The number of nitrogens with zero attached hydrogens (tertiary/aromatic N) is 1. The highest BCUT2D eigenvalue weighted by Crippen LogP contribution is 2.15. The summed E-state index contributed by atoms with van der Waals surface area (Å²) in [5.41, 5.74) is 2.03. The van der Waals surface area contributed by atoms with Crippen molar-refractivity contribution >= 4 is 15.9 Å². The van der Waals surface area contributed by atoms with Crippen LogP contribution in [0, 0.1) is 17.1 Å². The summed E-state index contributed by atoms with van der Waals surface area (Å²) in [6.45, 7) is 0.633. The molecule has 0 heterocycles. The molecule has 0 unspecified atom stereocenters. The molecular formula is C15H11BrFNO. The Hall–Kier alpha value is -1.70. The first kappa shape index (κ1) is 13.7. The third-order valence-electron chi connectivity index (χ3n) is 2.60. The fraction of sp³-hybridized carbons (Fsp3) is 0.133. The maximum absolute atomic E-state index is 13.1. The van der Waals surface area contributed by atoms with Crippen LogP contribution in [0.15, 0.2) is 46.9 Å². The smallest absolute Gasteiger partial charge is 0.123 e. The van der Waals surface area contributed by atoms with Gasteiger partial charge in [0.2, 0.25) is 0 Å². The topological polar surface area (TPSA) is 33.0 Å². The molecule has 0 saturated heterocycles. The van der Waals surface area contributed by atoms with E-state index in [4.69, 9.17) is 10.00 Å². The molecule has 0 atom stereocenters. The molecule has 0 saturated carbocycles. The highest BCUT2D eigenvalue weighted by molar-refractivity contribution is 9.10. The third kappa shape index (κ3) is 3.88. The van der Waals surface area contributed by atoms with Gasteiger partial charge in [0.15, 0.2) is 0 Å². The lowest BCUT2D eigenvalue weighted by atomic mass is 10.1. The molecule has 0 bridgehead atoms. The van der Waals surface area contributed by atoms with E-state index in [2.05, 4.69) is 15.9 Å². The maximum atomic E-state index is 13.1. The number of benzene rings is 2. The SMILES string of the molecule is N#Cc1ccc(F)cc1COCc1cccc(Br)c1. The monoisotopic (exact) mass is 319 g/mol. The normalized spacial score (nSPS) is 10.2. The molecule has 0 aromatic heterocycles. The summed E-state index contributed by atoms with van der Waals surface area (Å²) in [5.74, 6) is -0.361. The first-order valence-corrected chi connectivity index (χ1v) is 6.49. The van der Waals surface area contributed by atoms with Crippen LogP contribution < -0.4 is 0 Å². The average molecular weight is 320 g/mol. The second-order valence-corrected chi connectivity index (χ2v) is 4.95. The summed E-state index contributed by atoms with van der Waals surface area (Å²) >= 11 is 3.38. The van der Waals surface area contributed by atoms with Crippen molar-refractivity contribution in [2.45, 2.75) is 13.2 Å². The number of ether oxygens (including phenoxy) is 1. The van der Waals surface area contributed by atoms with Crippen molar-refractivity contribution in [2.75, 3.05) is 0 Å². The molecule has 0 N–H and O–H groups in total. The Morgan fingerprint density at radius 2 is 2.00 bits per heavy atom. The van der Waals surface area contributed by atoms with Crippen molar-refractivity contribution < 1.29 is 9.13 Å². The predicted octanol–water partition coefficient (Wildman–Crippen LogP) is 4.18. The highest BCUT2D eigenvalue weighted by atomic mass is 79.9. The minimum absolute atomic E-state index is 0.215. The second-order valence-electron chi connectivity index (χ2n) is 4.04. The fourth-order valence-electron chi connectivity index (χ4n) is 1.70. The van der Waals surface area contributed by atoms with Gasteiger partial charge in [0.25, 0.3) is 0 Å². The molecule has 2 nitrogen and oxygen atoms in total. The molecule has 0 spiro atoms. The van der Waals surface area contributed by atoms with E-state index in [-0.39, 0.29) is 12.4 Å². The lowest BCUT2D eigenvalue weighted by Crippen LogP contribution is -1.97. The number of halogens is 2. The van der Waals surface area contributed by atoms with Crippen molar-refractivity contribution in [1.82, 2.24) is 0 Å². The molecule has 0 aliphatic heterocycles. The zero-order valence-corrected chi connectivity index (χ0v) is 11.7. The Kier molecular flexibility index (Phi) is 4.67. The number of rotatable bonds is 4. The molecular weight excluding hydrogens is 309 g/mol. The van der Waals surface area contributed by atoms with Crippen molar-refractivity contribution in [3.63, 3.8) is 0 Å². The van der Waals surface area contributed by atoms with Gasteiger partial charge in [0.1, 0.15) is 5.82 Å². The summed E-state index contributed by atoms with van der Waals surface area (Å²) in [6.07, 6.45) is 0. The summed E-state index contributed by atoms with van der Waals surface area (Å²) < 4.78 is 19.6. The van der Waals surface area contributed by atoms with E-state index in [1.165, 1.54) is 18.2 Å². The van der Waals surface area contributed by atoms with E-state index in [1.54, 1.807) is 0 Å². The van der Waals surface area contributed by atoms with Crippen molar-refractivity contribution in [1.29, 1.82) is 5.26 Å². The molecule has 19 heavy (non-hydrogen) atoms. The predicted molar refractivity (Wildman–Crippen MR) is 73.8 cm³/mol. The average Bonchev–Trinajstić information content (AvgIpc) is 2.39. The Morgan fingerprint density at radius 3 is 2.74 bits per heavy atom. The lowest BCUT2D eigenvalue weighted by molar-refractivity contribution is 0.107. The molecule has 2 aromatic carbocycles. The van der Waals surface area contributed by atoms with E-state index < -0.39 is 0 Å². The van der Waals surface area contributed by atoms with E-state index in [0.717, 1.165) is 10.0 Å². The van der Waals surface area contributed by atoms with Crippen LogP contribution in [0.5, 0.6) is 0 Å². The van der Waals surface area contributed by atoms with Gasteiger partial charge in [-0.3, -0.25) is 0 Å². The molecule has 96 valence electrons. The summed E-state index contributed by atoms with van der Waals surface area (Å²) in [4.78, 5) is 0. The van der Waals surface area contributed by atoms with Crippen LogP contribution in [0.4, 0.5) is 4.39 Å². The Bertz CT molecular complexity index is 622. The van der Waals surface area contributed by atoms with Crippen LogP contribution >= 0.6 is 15.9 Å². The van der Waals surface area contributed by atoms with Gasteiger partial charge in [-0.15, -0.1) is 0 Å². The largest absolute Gasteiger partial charge is 0.372 e. The van der Waals surface area contributed by atoms with E-state index in [9.17, 15) is 4.39 Å². The van der Waals surface area contributed by atoms with E-state index >= 15 is 0 Å². The van der Waals surface area contributed by atoms with Crippen molar-refractivity contribution in [2.24, 2.45) is 0 Å². The third-order valence-corrected chi connectivity index (χ3v) is 3.10. The van der Waals surface area contributed by atoms with Crippen LogP contribution in [-0.4, -0.2) is 0 Å². The van der Waals surface area contributed by atoms with Gasteiger partial charge in [-0.05, 0) is 41.5 Å². The quantitative estimate of drug-likeness (QED) is 0.847. The number of hydrogen-bond donors (Lipinski definition) is 0. The van der Waals surface area contributed by atoms with Gasteiger partial charge in [0, 0.05) is 4.47 Å². The van der Waals surface area contributed by atoms with Crippen LogP contribution in [-0.2, 0) is 18.0 Å². The molecule has 0 aliphatic rings. The molecule has 2 rings (SSSR count). The Balaban J connectivity index is 2.00. The molecule has 2 aromatic rings. The molecule has 0 fully saturated rings. The zero-order chi connectivity index (χ0) is 13.7. The van der Waals surface area contributed by atoms with Crippen LogP contribution in [0.25, 0.3) is 0 Å². The first-order chi connectivity index (χ1) is 9.19. The van der Waals surface area contributed by atoms with Crippen LogP contribution in [0.1, 0.15) is 16.7 Å². The van der Waals surface area contributed by atoms with E-state index in [0.29, 0.717) is 17.7 Å². The van der Waals surface area contributed by atoms with Crippen molar-refractivity contribution in [3.05, 3.63) is 69.4 Å². The maximum Gasteiger partial charge on any atom is 0.123 e. The highest BCUT2D eigenvalue weighted by Gasteiger charge is 2.04. The van der Waals surface area contributed by atoms with Gasteiger partial charge in [0.05, 0.1) is 24.8 Å². The minimum atomic E-state index is -0.361. The molecule has 4 heteroatoms. The summed E-state index contributed by atoms with van der Waals surface area (Å²) in [5, 5.41) is 8.93. The summed E-state index contributed by atoms with van der Waals surface area (Å²) in [7, 11) is 0. The zero-order valence-electron chi connectivity index (χ0n) is 10.1. The second kappa shape index (κ2) is 6.46. The van der Waals surface area contributed by atoms with Gasteiger partial charge in [-0.25, -0.2) is 4.39 Å². The van der Waals surface area contributed by atoms with Crippen molar-refractivity contribution in [3.8, 4) is 6.07 Å². The molecule has 0 aliphatic carbocycles. The Labute approximate surface area is 119 Å². The van der Waals surface area contributed by atoms with Crippen LogP contribution in [0.2, 0.25) is 0 Å². The first-order valence-electron chi connectivity index (χ1n) is 5.70. The fourth-order valence-corrected chi connectivity index (χ4v) is 2.14. The number of nitriles is 1. The number of hydrogen-bond acceptors (Lipinski definition) is 2. The van der Waals surface area contributed by atoms with Gasteiger partial charge in [-0.2, -0.15) is 5.26 Å². The van der Waals surface area contributed by atoms with E-state index in [1.807, 2.05) is 30.3 Å².